The van der Waals surface area contributed by atoms with Crippen LogP contribution in [0.2, 0.25) is 0 Å². The van der Waals surface area contributed by atoms with E-state index in [0.29, 0.717) is 5.89 Å². The first-order valence-corrected chi connectivity index (χ1v) is 7.05. The molecule has 1 heterocycles. The molecule has 0 fully saturated rings. The number of benzene rings is 1. The van der Waals surface area contributed by atoms with E-state index >= 15 is 0 Å². The van der Waals surface area contributed by atoms with Crippen molar-refractivity contribution < 1.29 is 22.6 Å². The second-order valence-electron chi connectivity index (χ2n) is 3.95. The molecule has 0 aliphatic heterocycles. The molecule has 0 spiro atoms. The summed E-state index contributed by atoms with van der Waals surface area (Å²) >= 11 is 0. The predicted octanol–water partition coefficient (Wildman–Crippen LogP) is 0.513. The molecule has 2 N–H and O–H groups in total. The first-order chi connectivity index (χ1) is 9.77. The van der Waals surface area contributed by atoms with Crippen LogP contribution in [-0.4, -0.2) is 23.5 Å². The van der Waals surface area contributed by atoms with Crippen LogP contribution in [0, 0.1) is 17.0 Å². The third kappa shape index (κ3) is 3.52. The van der Waals surface area contributed by atoms with Crippen LogP contribution in [0.5, 0.6) is 5.75 Å². The molecular formula is C10H10N4O6S. The average molecular weight is 314 g/mol. The smallest absolute Gasteiger partial charge is 0.271 e. The zero-order valence-corrected chi connectivity index (χ0v) is 11.5. The van der Waals surface area contributed by atoms with E-state index in [2.05, 4.69) is 10.1 Å². The van der Waals surface area contributed by atoms with Crippen molar-refractivity contribution >= 4 is 15.7 Å². The molecule has 2 rings (SSSR count). The summed E-state index contributed by atoms with van der Waals surface area (Å²) in [5, 5.41) is 19.3. The van der Waals surface area contributed by atoms with E-state index in [1.54, 1.807) is 6.92 Å². The fraction of sp³-hybridized carbons (Fsp3) is 0.200. The van der Waals surface area contributed by atoms with Crippen LogP contribution in [0.3, 0.4) is 0 Å². The Bertz CT molecular complexity index is 785. The number of primary sulfonamides is 1. The van der Waals surface area contributed by atoms with Gasteiger partial charge < -0.3 is 9.26 Å². The van der Waals surface area contributed by atoms with Gasteiger partial charge in [-0.05, 0) is 6.07 Å². The Morgan fingerprint density at radius 2 is 2.19 bits per heavy atom. The maximum Gasteiger partial charge on any atom is 0.271 e. The quantitative estimate of drug-likeness (QED) is 0.619. The molecule has 0 radical (unpaired) electrons. The van der Waals surface area contributed by atoms with Crippen molar-refractivity contribution in [1.29, 1.82) is 0 Å². The first kappa shape index (κ1) is 14.9. The summed E-state index contributed by atoms with van der Waals surface area (Å²) in [5.41, 5.74) is -0.415. The van der Waals surface area contributed by atoms with Crippen LogP contribution in [0.25, 0.3) is 0 Å². The molecule has 11 heteroatoms. The number of nitrogens with zero attached hydrogens (tertiary/aromatic N) is 3. The van der Waals surface area contributed by atoms with Gasteiger partial charge in [0.2, 0.25) is 21.7 Å². The predicted molar refractivity (Wildman–Crippen MR) is 67.8 cm³/mol. The summed E-state index contributed by atoms with van der Waals surface area (Å²) < 4.78 is 32.9. The second kappa shape index (κ2) is 5.46. The zero-order chi connectivity index (χ0) is 15.6. The Balaban J connectivity index is 2.32. The van der Waals surface area contributed by atoms with Crippen LogP contribution in [0.1, 0.15) is 11.7 Å². The van der Waals surface area contributed by atoms with Gasteiger partial charge in [-0.15, -0.1) is 0 Å². The third-order valence-corrected chi connectivity index (χ3v) is 3.30. The number of rotatable bonds is 5. The van der Waals surface area contributed by atoms with Crippen LogP contribution in [0.15, 0.2) is 27.6 Å². The van der Waals surface area contributed by atoms with Gasteiger partial charge in [-0.25, -0.2) is 13.6 Å². The lowest BCUT2D eigenvalue weighted by Crippen LogP contribution is -2.14. The lowest BCUT2D eigenvalue weighted by molar-refractivity contribution is -0.385. The lowest BCUT2D eigenvalue weighted by Gasteiger charge is -2.08. The van der Waals surface area contributed by atoms with Crippen LogP contribution in [0.4, 0.5) is 5.69 Å². The largest absolute Gasteiger partial charge is 0.484 e. The number of hydrogen-bond donors (Lipinski definition) is 1. The minimum absolute atomic E-state index is 0.134. The molecule has 21 heavy (non-hydrogen) atoms. The van der Waals surface area contributed by atoms with E-state index < -0.39 is 25.5 Å². The summed E-state index contributed by atoms with van der Waals surface area (Å²) in [7, 11) is -4.18. The molecule has 0 amide bonds. The monoisotopic (exact) mass is 314 g/mol. The van der Waals surface area contributed by atoms with E-state index in [0.717, 1.165) is 18.2 Å². The highest BCUT2D eigenvalue weighted by Gasteiger charge is 2.20. The van der Waals surface area contributed by atoms with Gasteiger partial charge >= 0.3 is 0 Å². The van der Waals surface area contributed by atoms with E-state index in [4.69, 9.17) is 14.4 Å². The van der Waals surface area contributed by atoms with Gasteiger partial charge in [-0.3, -0.25) is 10.1 Å². The number of nitro benzene ring substituents is 1. The van der Waals surface area contributed by atoms with Gasteiger partial charge in [-0.1, -0.05) is 5.16 Å². The summed E-state index contributed by atoms with van der Waals surface area (Å²) in [6.07, 6.45) is 0. The van der Waals surface area contributed by atoms with Crippen LogP contribution >= 0.6 is 0 Å². The average Bonchev–Trinajstić information content (AvgIpc) is 2.81. The molecule has 0 atom stereocenters. The van der Waals surface area contributed by atoms with Gasteiger partial charge in [-0.2, -0.15) is 4.98 Å². The highest BCUT2D eigenvalue weighted by molar-refractivity contribution is 7.89. The minimum atomic E-state index is -4.18. The highest BCUT2D eigenvalue weighted by Crippen LogP contribution is 2.27. The number of sulfonamides is 1. The first-order valence-electron chi connectivity index (χ1n) is 5.50. The van der Waals surface area contributed by atoms with Gasteiger partial charge in [0.15, 0.2) is 6.61 Å². The van der Waals surface area contributed by atoms with Crippen molar-refractivity contribution in [1.82, 2.24) is 10.1 Å². The molecule has 2 aromatic rings. The van der Waals surface area contributed by atoms with E-state index in [-0.39, 0.29) is 18.2 Å². The Morgan fingerprint density at radius 3 is 2.71 bits per heavy atom. The number of nitro groups is 1. The fourth-order valence-corrected chi connectivity index (χ4v) is 2.19. The molecule has 0 saturated heterocycles. The molecule has 0 aliphatic rings. The molecule has 0 unspecified atom stereocenters. The number of ether oxygens (including phenoxy) is 1. The Labute approximate surface area is 118 Å². The summed E-state index contributed by atoms with van der Waals surface area (Å²) in [6.45, 7) is 1.41. The van der Waals surface area contributed by atoms with Crippen molar-refractivity contribution in [3.8, 4) is 5.75 Å². The SMILES string of the molecule is Cc1nc(COc2ccc([N+](=O)[O-])cc2S(N)(=O)=O)no1. The Morgan fingerprint density at radius 1 is 1.48 bits per heavy atom. The van der Waals surface area contributed by atoms with Gasteiger partial charge in [0, 0.05) is 19.1 Å². The van der Waals surface area contributed by atoms with Gasteiger partial charge in [0.05, 0.1) is 4.92 Å². The molecule has 1 aromatic heterocycles. The number of nitrogens with two attached hydrogens (primary N) is 1. The molecule has 0 aliphatic carbocycles. The maximum absolute atomic E-state index is 11.5. The number of non-ortho nitro benzene ring substituents is 1. The van der Waals surface area contributed by atoms with Gasteiger partial charge in [0.25, 0.3) is 5.69 Å². The highest BCUT2D eigenvalue weighted by atomic mass is 32.2. The Kier molecular flexibility index (Phi) is 3.86. The maximum atomic E-state index is 11.5. The van der Waals surface area contributed by atoms with Crippen molar-refractivity contribution in [2.75, 3.05) is 0 Å². The number of aromatic nitrogens is 2. The third-order valence-electron chi connectivity index (χ3n) is 2.37. The summed E-state index contributed by atoms with van der Waals surface area (Å²) in [4.78, 5) is 13.3. The molecule has 112 valence electrons. The van der Waals surface area contributed by atoms with Crippen LogP contribution in [-0.2, 0) is 16.6 Å². The summed E-state index contributed by atoms with van der Waals surface area (Å²) in [6, 6.07) is 3.07. The van der Waals surface area contributed by atoms with Crippen molar-refractivity contribution in [3.05, 3.63) is 40.0 Å². The number of aryl methyl sites for hydroxylation is 1. The fourth-order valence-electron chi connectivity index (χ4n) is 1.49. The lowest BCUT2D eigenvalue weighted by atomic mass is 10.3. The second-order valence-corrected chi connectivity index (χ2v) is 5.48. The molecular weight excluding hydrogens is 304 g/mol. The van der Waals surface area contributed by atoms with Crippen molar-refractivity contribution in [2.24, 2.45) is 5.14 Å². The van der Waals surface area contributed by atoms with E-state index in [9.17, 15) is 18.5 Å². The number of hydrogen-bond acceptors (Lipinski definition) is 8. The minimum Gasteiger partial charge on any atom is -0.484 e. The van der Waals surface area contributed by atoms with Crippen molar-refractivity contribution in [2.45, 2.75) is 18.4 Å². The van der Waals surface area contributed by atoms with Gasteiger partial charge in [0.1, 0.15) is 10.6 Å². The zero-order valence-electron chi connectivity index (χ0n) is 10.7. The molecule has 0 bridgehead atoms. The Hall–Kier alpha value is -2.53. The molecule has 10 nitrogen and oxygen atoms in total. The summed E-state index contributed by atoms with van der Waals surface area (Å²) in [5.74, 6) is 0.390. The normalized spacial score (nSPS) is 11.3. The van der Waals surface area contributed by atoms with E-state index in [1.165, 1.54) is 0 Å². The van der Waals surface area contributed by atoms with Crippen molar-refractivity contribution in [3.63, 3.8) is 0 Å². The molecule has 1 aromatic carbocycles. The van der Waals surface area contributed by atoms with Crippen LogP contribution < -0.4 is 9.88 Å². The molecule has 0 saturated carbocycles. The topological polar surface area (TPSA) is 151 Å². The standard InChI is InChI=1S/C10H10N4O6S/c1-6-12-10(13-20-6)5-19-8-3-2-7(14(15)16)4-9(8)21(11,17)18/h2-4H,5H2,1H3,(H2,11,17,18). The van der Waals surface area contributed by atoms with E-state index in [1.807, 2.05) is 0 Å².